The highest BCUT2D eigenvalue weighted by molar-refractivity contribution is 5.72. The van der Waals surface area contributed by atoms with Gasteiger partial charge < -0.3 is 14.2 Å². The van der Waals surface area contributed by atoms with Crippen molar-refractivity contribution in [3.8, 4) is 11.5 Å². The second kappa shape index (κ2) is 9.34. The summed E-state index contributed by atoms with van der Waals surface area (Å²) in [5.74, 6) is 1.87. The van der Waals surface area contributed by atoms with E-state index in [0.717, 1.165) is 36.3 Å². The minimum Gasteiger partial charge on any atom is -0.497 e. The predicted octanol–water partition coefficient (Wildman–Crippen LogP) is 3.86. The molecule has 0 amide bonds. The van der Waals surface area contributed by atoms with Crippen LogP contribution in [0.25, 0.3) is 0 Å². The second-order valence-electron chi connectivity index (χ2n) is 5.58. The van der Waals surface area contributed by atoms with Gasteiger partial charge in [0.25, 0.3) is 0 Å². The summed E-state index contributed by atoms with van der Waals surface area (Å²) in [7, 11) is 3.30. The van der Waals surface area contributed by atoms with Gasteiger partial charge in [0.15, 0.2) is 0 Å². The van der Waals surface area contributed by atoms with Gasteiger partial charge in [-0.3, -0.25) is 4.79 Å². The molecule has 2 unspecified atom stereocenters. The van der Waals surface area contributed by atoms with Crippen molar-refractivity contribution in [1.29, 1.82) is 0 Å². The van der Waals surface area contributed by atoms with E-state index in [1.54, 1.807) is 14.2 Å². The Morgan fingerprint density at radius 3 is 2.45 bits per heavy atom. The van der Waals surface area contributed by atoms with E-state index in [9.17, 15) is 4.79 Å². The second-order valence-corrected chi connectivity index (χ2v) is 5.58. The predicted molar refractivity (Wildman–Crippen MR) is 87.4 cm³/mol. The van der Waals surface area contributed by atoms with E-state index in [4.69, 9.17) is 14.2 Å². The first-order chi connectivity index (χ1) is 10.5. The summed E-state index contributed by atoms with van der Waals surface area (Å²) in [5.41, 5.74) is 1.13. The van der Waals surface area contributed by atoms with E-state index >= 15 is 0 Å². The average molecular weight is 308 g/mol. The lowest BCUT2D eigenvalue weighted by atomic mass is 9.89. The van der Waals surface area contributed by atoms with Crippen molar-refractivity contribution in [3.63, 3.8) is 0 Å². The highest BCUT2D eigenvalue weighted by atomic mass is 16.5. The van der Waals surface area contributed by atoms with Crippen LogP contribution in [0.2, 0.25) is 0 Å². The minimum absolute atomic E-state index is 0.0285. The summed E-state index contributed by atoms with van der Waals surface area (Å²) in [6, 6.07) is 5.86. The Morgan fingerprint density at radius 1 is 1.18 bits per heavy atom. The molecule has 22 heavy (non-hydrogen) atoms. The van der Waals surface area contributed by atoms with Gasteiger partial charge >= 0.3 is 5.97 Å². The van der Waals surface area contributed by atoms with Crippen LogP contribution in [0.3, 0.4) is 0 Å². The number of rotatable bonds is 9. The third-order valence-electron chi connectivity index (χ3n) is 3.86. The molecule has 4 heteroatoms. The monoisotopic (exact) mass is 308 g/mol. The summed E-state index contributed by atoms with van der Waals surface area (Å²) >= 11 is 0. The standard InChI is InChI=1S/C18H28O4/c1-6-14(18(19)22-7-2)10-13(3)11-15-8-9-16(20-4)12-17(15)21-5/h8-9,12-14H,6-7,10-11H2,1-5H3. The fraction of sp³-hybridized carbons (Fsp3) is 0.611. The maximum absolute atomic E-state index is 11.9. The molecular weight excluding hydrogens is 280 g/mol. The zero-order valence-corrected chi connectivity index (χ0v) is 14.3. The Kier molecular flexibility index (Phi) is 7.78. The molecule has 0 spiro atoms. The van der Waals surface area contributed by atoms with Crippen molar-refractivity contribution >= 4 is 5.97 Å². The molecular formula is C18H28O4. The van der Waals surface area contributed by atoms with Crippen LogP contribution in [0.1, 0.15) is 39.2 Å². The molecule has 0 N–H and O–H groups in total. The molecule has 0 aliphatic heterocycles. The smallest absolute Gasteiger partial charge is 0.308 e. The van der Waals surface area contributed by atoms with Crippen molar-refractivity contribution in [2.24, 2.45) is 11.8 Å². The molecule has 0 saturated heterocycles. The zero-order valence-electron chi connectivity index (χ0n) is 14.3. The molecule has 0 aliphatic rings. The quantitative estimate of drug-likeness (QED) is 0.650. The van der Waals surface area contributed by atoms with Gasteiger partial charge in [0.1, 0.15) is 11.5 Å². The van der Waals surface area contributed by atoms with E-state index in [1.165, 1.54) is 0 Å². The third kappa shape index (κ3) is 5.24. The summed E-state index contributed by atoms with van der Waals surface area (Å²) in [6.45, 7) is 6.47. The SMILES string of the molecule is CCOC(=O)C(CC)CC(C)Cc1ccc(OC)cc1OC. The number of carbonyl (C=O) groups excluding carboxylic acids is 1. The first kappa shape index (κ1) is 18.3. The van der Waals surface area contributed by atoms with Crippen LogP contribution in [0.15, 0.2) is 18.2 Å². The molecule has 124 valence electrons. The fourth-order valence-electron chi connectivity index (χ4n) is 2.65. The highest BCUT2D eigenvalue weighted by Gasteiger charge is 2.21. The lowest BCUT2D eigenvalue weighted by Crippen LogP contribution is -2.20. The Hall–Kier alpha value is -1.71. The fourth-order valence-corrected chi connectivity index (χ4v) is 2.65. The first-order valence-electron chi connectivity index (χ1n) is 7.93. The van der Waals surface area contributed by atoms with Gasteiger partial charge in [0.05, 0.1) is 26.7 Å². The molecule has 0 saturated carbocycles. The average Bonchev–Trinajstić information content (AvgIpc) is 2.53. The van der Waals surface area contributed by atoms with Crippen LogP contribution >= 0.6 is 0 Å². The molecule has 0 aliphatic carbocycles. The van der Waals surface area contributed by atoms with Crippen molar-refractivity contribution in [2.75, 3.05) is 20.8 Å². The lowest BCUT2D eigenvalue weighted by Gasteiger charge is -2.19. The number of hydrogen-bond acceptors (Lipinski definition) is 4. The molecule has 0 fully saturated rings. The maximum atomic E-state index is 11.9. The van der Waals surface area contributed by atoms with Crippen LogP contribution in [0.5, 0.6) is 11.5 Å². The molecule has 0 radical (unpaired) electrons. The molecule has 1 aromatic rings. The number of hydrogen-bond donors (Lipinski definition) is 0. The van der Waals surface area contributed by atoms with Crippen molar-refractivity contribution in [2.45, 2.75) is 40.0 Å². The Balaban J connectivity index is 2.71. The van der Waals surface area contributed by atoms with Gasteiger partial charge in [-0.05, 0) is 43.7 Å². The van der Waals surface area contributed by atoms with Crippen LogP contribution < -0.4 is 9.47 Å². The number of carbonyl (C=O) groups is 1. The summed E-state index contributed by atoms with van der Waals surface area (Å²) in [4.78, 5) is 11.9. The van der Waals surface area contributed by atoms with E-state index in [0.29, 0.717) is 12.5 Å². The van der Waals surface area contributed by atoms with Gasteiger partial charge in [0, 0.05) is 6.07 Å². The number of ether oxygens (including phenoxy) is 3. The van der Waals surface area contributed by atoms with Crippen LogP contribution in [-0.4, -0.2) is 26.8 Å². The lowest BCUT2D eigenvalue weighted by molar-refractivity contribution is -0.148. The Labute approximate surface area is 133 Å². The molecule has 0 bridgehead atoms. The van der Waals surface area contributed by atoms with E-state index in [2.05, 4.69) is 6.92 Å². The van der Waals surface area contributed by atoms with Crippen molar-refractivity contribution < 1.29 is 19.0 Å². The molecule has 0 aromatic heterocycles. The largest absolute Gasteiger partial charge is 0.497 e. The molecule has 1 aromatic carbocycles. The summed E-state index contributed by atoms with van der Waals surface area (Å²) < 4.78 is 15.8. The van der Waals surface area contributed by atoms with E-state index in [-0.39, 0.29) is 11.9 Å². The molecule has 4 nitrogen and oxygen atoms in total. The Bertz CT molecular complexity index is 470. The normalized spacial score (nSPS) is 13.3. The van der Waals surface area contributed by atoms with Crippen molar-refractivity contribution in [3.05, 3.63) is 23.8 Å². The van der Waals surface area contributed by atoms with E-state index in [1.807, 2.05) is 32.0 Å². The zero-order chi connectivity index (χ0) is 16.5. The van der Waals surface area contributed by atoms with E-state index < -0.39 is 0 Å². The third-order valence-corrected chi connectivity index (χ3v) is 3.86. The van der Waals surface area contributed by atoms with Gasteiger partial charge in [0.2, 0.25) is 0 Å². The minimum atomic E-state index is -0.0847. The van der Waals surface area contributed by atoms with Crippen LogP contribution in [0.4, 0.5) is 0 Å². The highest BCUT2D eigenvalue weighted by Crippen LogP contribution is 2.29. The van der Waals surface area contributed by atoms with Gasteiger partial charge in [-0.15, -0.1) is 0 Å². The Morgan fingerprint density at radius 2 is 1.91 bits per heavy atom. The maximum Gasteiger partial charge on any atom is 0.308 e. The molecule has 1 rings (SSSR count). The topological polar surface area (TPSA) is 44.8 Å². The number of benzene rings is 1. The van der Waals surface area contributed by atoms with Gasteiger partial charge in [-0.2, -0.15) is 0 Å². The summed E-state index contributed by atoms with van der Waals surface area (Å²) in [6.07, 6.45) is 2.50. The first-order valence-corrected chi connectivity index (χ1v) is 7.93. The molecule has 2 atom stereocenters. The molecule has 0 heterocycles. The van der Waals surface area contributed by atoms with Crippen LogP contribution in [0, 0.1) is 11.8 Å². The van der Waals surface area contributed by atoms with Crippen LogP contribution in [-0.2, 0) is 16.0 Å². The van der Waals surface area contributed by atoms with Gasteiger partial charge in [-0.25, -0.2) is 0 Å². The summed E-state index contributed by atoms with van der Waals surface area (Å²) in [5, 5.41) is 0. The number of esters is 1. The number of methoxy groups -OCH3 is 2. The van der Waals surface area contributed by atoms with Gasteiger partial charge in [-0.1, -0.05) is 19.9 Å². The van der Waals surface area contributed by atoms with Crippen molar-refractivity contribution in [1.82, 2.24) is 0 Å².